The lowest BCUT2D eigenvalue weighted by molar-refractivity contribution is 0.174. The molecule has 2 heterocycles. The van der Waals surface area contributed by atoms with E-state index in [1.807, 2.05) is 35.7 Å². The summed E-state index contributed by atoms with van der Waals surface area (Å²) < 4.78 is 15.1. The maximum absolute atomic E-state index is 13.3. The number of aryl methyl sites for hydroxylation is 1. The van der Waals surface area contributed by atoms with Crippen molar-refractivity contribution in [2.45, 2.75) is 19.4 Å². The van der Waals surface area contributed by atoms with Crippen molar-refractivity contribution < 1.29 is 9.50 Å². The fourth-order valence-corrected chi connectivity index (χ4v) is 2.29. The molecular weight excluding hydrogens is 255 g/mol. The third-order valence-corrected chi connectivity index (χ3v) is 3.45. The van der Waals surface area contributed by atoms with Gasteiger partial charge in [-0.3, -0.25) is 0 Å². The van der Waals surface area contributed by atoms with E-state index < -0.39 is 6.10 Å². The van der Waals surface area contributed by atoms with Crippen LogP contribution in [0.1, 0.15) is 22.9 Å². The molecule has 0 fully saturated rings. The standard InChI is InChI=1S/C16H15FN2O/c1-11-5-6-13(17)8-12(11)9-15(20)14-10-19-7-3-2-4-16(19)18-14/h2-8,10,15,20H,9H2,1H3. The molecule has 1 unspecified atom stereocenters. The topological polar surface area (TPSA) is 37.5 Å². The molecule has 1 atom stereocenters. The number of hydrogen-bond donors (Lipinski definition) is 1. The summed E-state index contributed by atoms with van der Waals surface area (Å²) in [6.07, 6.45) is 3.30. The molecule has 3 nitrogen and oxygen atoms in total. The summed E-state index contributed by atoms with van der Waals surface area (Å²) in [6, 6.07) is 10.3. The number of rotatable bonds is 3. The van der Waals surface area contributed by atoms with Crippen LogP contribution in [0.25, 0.3) is 5.65 Å². The first-order valence-corrected chi connectivity index (χ1v) is 6.50. The van der Waals surface area contributed by atoms with Gasteiger partial charge in [0.1, 0.15) is 17.6 Å². The second-order valence-corrected chi connectivity index (χ2v) is 4.92. The Morgan fingerprint density at radius 2 is 2.15 bits per heavy atom. The zero-order valence-corrected chi connectivity index (χ0v) is 11.1. The molecule has 0 amide bonds. The summed E-state index contributed by atoms with van der Waals surface area (Å²) in [5.74, 6) is -0.284. The molecule has 102 valence electrons. The molecule has 0 saturated heterocycles. The fraction of sp³-hybridized carbons (Fsp3) is 0.188. The van der Waals surface area contributed by atoms with Crippen molar-refractivity contribution in [1.82, 2.24) is 9.38 Å². The Bertz CT molecular complexity index is 718. The number of hydrogen-bond acceptors (Lipinski definition) is 2. The number of aliphatic hydroxyl groups excluding tert-OH is 1. The lowest BCUT2D eigenvalue weighted by Gasteiger charge is -2.10. The predicted molar refractivity (Wildman–Crippen MR) is 75.0 cm³/mol. The van der Waals surface area contributed by atoms with Crippen LogP contribution in [0, 0.1) is 12.7 Å². The largest absolute Gasteiger partial charge is 0.386 e. The summed E-state index contributed by atoms with van der Waals surface area (Å²) in [6.45, 7) is 1.91. The Balaban J connectivity index is 1.88. The first-order chi connectivity index (χ1) is 9.63. The number of halogens is 1. The third kappa shape index (κ3) is 2.42. The molecule has 3 rings (SSSR count). The number of pyridine rings is 1. The number of nitrogens with zero attached hydrogens (tertiary/aromatic N) is 2. The Morgan fingerprint density at radius 3 is 2.95 bits per heavy atom. The van der Waals surface area contributed by atoms with Crippen LogP contribution in [-0.4, -0.2) is 14.5 Å². The van der Waals surface area contributed by atoms with Crippen LogP contribution >= 0.6 is 0 Å². The quantitative estimate of drug-likeness (QED) is 0.794. The molecule has 20 heavy (non-hydrogen) atoms. The van der Waals surface area contributed by atoms with E-state index >= 15 is 0 Å². The highest BCUT2D eigenvalue weighted by Gasteiger charge is 2.14. The van der Waals surface area contributed by atoms with Crippen LogP contribution in [0.4, 0.5) is 4.39 Å². The second kappa shape index (κ2) is 5.06. The van der Waals surface area contributed by atoms with Gasteiger partial charge in [-0.25, -0.2) is 9.37 Å². The van der Waals surface area contributed by atoms with Crippen LogP contribution in [-0.2, 0) is 6.42 Å². The summed E-state index contributed by atoms with van der Waals surface area (Å²) in [5.41, 5.74) is 3.15. The van der Waals surface area contributed by atoms with Crippen molar-refractivity contribution in [1.29, 1.82) is 0 Å². The monoisotopic (exact) mass is 270 g/mol. The second-order valence-electron chi connectivity index (χ2n) is 4.92. The first kappa shape index (κ1) is 12.8. The molecule has 1 N–H and O–H groups in total. The molecular formula is C16H15FN2O. The van der Waals surface area contributed by atoms with Crippen molar-refractivity contribution in [3.05, 3.63) is 71.4 Å². The van der Waals surface area contributed by atoms with E-state index in [1.54, 1.807) is 12.3 Å². The Labute approximate surface area is 116 Å². The summed E-state index contributed by atoms with van der Waals surface area (Å²) in [7, 11) is 0. The van der Waals surface area contributed by atoms with Gasteiger partial charge in [-0.2, -0.15) is 0 Å². The summed E-state index contributed by atoms with van der Waals surface area (Å²) in [5, 5.41) is 10.3. The van der Waals surface area contributed by atoms with E-state index in [9.17, 15) is 9.50 Å². The third-order valence-electron chi connectivity index (χ3n) is 3.45. The maximum Gasteiger partial charge on any atom is 0.137 e. The average Bonchev–Trinajstić information content (AvgIpc) is 2.87. The number of fused-ring (bicyclic) bond motifs is 1. The van der Waals surface area contributed by atoms with Crippen LogP contribution in [0.2, 0.25) is 0 Å². The Hall–Kier alpha value is -2.20. The Kier molecular flexibility index (Phi) is 3.24. The molecule has 0 radical (unpaired) electrons. The molecule has 0 aliphatic carbocycles. The van der Waals surface area contributed by atoms with Gasteiger partial charge >= 0.3 is 0 Å². The average molecular weight is 270 g/mol. The minimum atomic E-state index is -0.740. The van der Waals surface area contributed by atoms with Crippen molar-refractivity contribution in [2.75, 3.05) is 0 Å². The lowest BCUT2D eigenvalue weighted by Crippen LogP contribution is -2.04. The minimum absolute atomic E-state index is 0.284. The molecule has 0 spiro atoms. The van der Waals surface area contributed by atoms with Gasteiger partial charge in [0.05, 0.1) is 5.69 Å². The van der Waals surface area contributed by atoms with Gasteiger partial charge in [-0.15, -0.1) is 0 Å². The van der Waals surface area contributed by atoms with Crippen molar-refractivity contribution in [3.63, 3.8) is 0 Å². The first-order valence-electron chi connectivity index (χ1n) is 6.50. The lowest BCUT2D eigenvalue weighted by atomic mass is 10.0. The van der Waals surface area contributed by atoms with E-state index in [1.165, 1.54) is 12.1 Å². The van der Waals surface area contributed by atoms with Gasteiger partial charge in [-0.1, -0.05) is 12.1 Å². The summed E-state index contributed by atoms with van der Waals surface area (Å²) in [4.78, 5) is 4.38. The van der Waals surface area contributed by atoms with E-state index in [4.69, 9.17) is 0 Å². The van der Waals surface area contributed by atoms with E-state index in [0.717, 1.165) is 16.8 Å². The molecule has 0 aliphatic heterocycles. The van der Waals surface area contributed by atoms with Gasteiger partial charge in [0, 0.05) is 18.8 Å². The molecule has 0 bridgehead atoms. The highest BCUT2D eigenvalue weighted by Crippen LogP contribution is 2.21. The smallest absolute Gasteiger partial charge is 0.137 e. The van der Waals surface area contributed by atoms with E-state index in [-0.39, 0.29) is 5.82 Å². The zero-order valence-electron chi connectivity index (χ0n) is 11.1. The SMILES string of the molecule is Cc1ccc(F)cc1CC(O)c1cn2ccccc2n1. The number of benzene rings is 1. The van der Waals surface area contributed by atoms with Gasteiger partial charge in [0.15, 0.2) is 0 Å². The molecule has 4 heteroatoms. The molecule has 1 aromatic carbocycles. The number of imidazole rings is 1. The normalized spacial score (nSPS) is 12.8. The highest BCUT2D eigenvalue weighted by atomic mass is 19.1. The highest BCUT2D eigenvalue weighted by molar-refractivity contribution is 5.40. The van der Waals surface area contributed by atoms with Crippen LogP contribution in [0.15, 0.2) is 48.8 Å². The predicted octanol–water partition coefficient (Wildman–Crippen LogP) is 3.06. The van der Waals surface area contributed by atoms with Crippen LogP contribution in [0.5, 0.6) is 0 Å². The Morgan fingerprint density at radius 1 is 1.30 bits per heavy atom. The van der Waals surface area contributed by atoms with Crippen molar-refractivity contribution in [2.24, 2.45) is 0 Å². The molecule has 0 saturated carbocycles. The molecule has 2 aromatic heterocycles. The minimum Gasteiger partial charge on any atom is -0.386 e. The van der Waals surface area contributed by atoms with Crippen LogP contribution in [0.3, 0.4) is 0 Å². The molecule has 3 aromatic rings. The van der Waals surface area contributed by atoms with Crippen molar-refractivity contribution >= 4 is 5.65 Å². The van der Waals surface area contributed by atoms with Gasteiger partial charge in [0.25, 0.3) is 0 Å². The van der Waals surface area contributed by atoms with Crippen LogP contribution < -0.4 is 0 Å². The maximum atomic E-state index is 13.3. The summed E-state index contributed by atoms with van der Waals surface area (Å²) >= 11 is 0. The molecule has 0 aliphatic rings. The van der Waals surface area contributed by atoms with Gasteiger partial charge in [-0.05, 0) is 42.3 Å². The zero-order chi connectivity index (χ0) is 14.1. The van der Waals surface area contributed by atoms with E-state index in [0.29, 0.717) is 12.1 Å². The van der Waals surface area contributed by atoms with Gasteiger partial charge in [0.2, 0.25) is 0 Å². The fourth-order valence-electron chi connectivity index (χ4n) is 2.29. The van der Waals surface area contributed by atoms with E-state index in [2.05, 4.69) is 4.98 Å². The van der Waals surface area contributed by atoms with Gasteiger partial charge < -0.3 is 9.51 Å². The van der Waals surface area contributed by atoms with Crippen molar-refractivity contribution in [3.8, 4) is 0 Å². The number of aliphatic hydroxyl groups is 1. The number of aromatic nitrogens is 2.